The van der Waals surface area contributed by atoms with E-state index in [-0.39, 0.29) is 30.4 Å². The largest absolute Gasteiger partial charge is 0.383 e. The molecule has 0 saturated carbocycles. The van der Waals surface area contributed by atoms with Crippen molar-refractivity contribution in [1.82, 2.24) is 10.6 Å². The summed E-state index contributed by atoms with van der Waals surface area (Å²) in [7, 11) is 1.57. The Kier molecular flexibility index (Phi) is 9.22. The number of anilines is 2. The summed E-state index contributed by atoms with van der Waals surface area (Å²) >= 11 is 0. The highest BCUT2D eigenvalue weighted by atomic mass is 16.5. The Bertz CT molecular complexity index is 942. The molecule has 176 valence electrons. The first-order valence-corrected chi connectivity index (χ1v) is 11.0. The molecule has 1 atom stereocenters. The zero-order chi connectivity index (χ0) is 23.5. The van der Waals surface area contributed by atoms with Gasteiger partial charge in [-0.15, -0.1) is 0 Å². The normalized spacial score (nSPS) is 15.0. The highest BCUT2D eigenvalue weighted by Crippen LogP contribution is 2.13. The third kappa shape index (κ3) is 7.89. The van der Waals surface area contributed by atoms with E-state index < -0.39 is 0 Å². The third-order valence-electron chi connectivity index (χ3n) is 5.11. The first kappa shape index (κ1) is 24.2. The lowest BCUT2D eigenvalue weighted by Gasteiger charge is -2.11. The number of ether oxygens (including phenoxy) is 2. The molecule has 3 rings (SSSR count). The van der Waals surface area contributed by atoms with Gasteiger partial charge in [-0.05, 0) is 55.3 Å². The van der Waals surface area contributed by atoms with Crippen LogP contribution < -0.4 is 21.3 Å². The van der Waals surface area contributed by atoms with Gasteiger partial charge in [0, 0.05) is 49.3 Å². The van der Waals surface area contributed by atoms with Crippen LogP contribution in [0.1, 0.15) is 33.6 Å². The van der Waals surface area contributed by atoms with Gasteiger partial charge in [0.2, 0.25) is 5.91 Å². The minimum Gasteiger partial charge on any atom is -0.383 e. The van der Waals surface area contributed by atoms with Crippen molar-refractivity contribution in [1.29, 1.82) is 0 Å². The Labute approximate surface area is 193 Å². The zero-order valence-corrected chi connectivity index (χ0v) is 18.7. The number of methoxy groups -OCH3 is 1. The van der Waals surface area contributed by atoms with E-state index in [0.29, 0.717) is 42.2 Å². The minimum atomic E-state index is -0.250. The SMILES string of the molecule is COCCNC(=O)c1cccc(NCC(=O)Nc2ccc(C(=O)NCC3CCCO3)cc2)c1. The second kappa shape index (κ2) is 12.6. The van der Waals surface area contributed by atoms with Crippen LogP contribution in [-0.2, 0) is 14.3 Å². The van der Waals surface area contributed by atoms with Gasteiger partial charge in [0.25, 0.3) is 11.8 Å². The van der Waals surface area contributed by atoms with E-state index in [1.807, 2.05) is 0 Å². The van der Waals surface area contributed by atoms with E-state index in [2.05, 4.69) is 21.3 Å². The summed E-state index contributed by atoms with van der Waals surface area (Å²) in [4.78, 5) is 36.7. The van der Waals surface area contributed by atoms with Crippen LogP contribution in [0.3, 0.4) is 0 Å². The number of carbonyl (C=O) groups excluding carboxylic acids is 3. The van der Waals surface area contributed by atoms with E-state index >= 15 is 0 Å². The molecule has 1 fully saturated rings. The number of amides is 3. The molecule has 2 aromatic carbocycles. The lowest BCUT2D eigenvalue weighted by molar-refractivity contribution is -0.114. The minimum absolute atomic E-state index is 0.0262. The summed E-state index contributed by atoms with van der Waals surface area (Å²) in [6.07, 6.45) is 2.08. The second-order valence-corrected chi connectivity index (χ2v) is 7.65. The van der Waals surface area contributed by atoms with Crippen LogP contribution in [0.15, 0.2) is 48.5 Å². The lowest BCUT2D eigenvalue weighted by atomic mass is 10.1. The van der Waals surface area contributed by atoms with Gasteiger partial charge in [-0.1, -0.05) is 6.07 Å². The molecule has 4 N–H and O–H groups in total. The Morgan fingerprint density at radius 3 is 2.52 bits per heavy atom. The van der Waals surface area contributed by atoms with Crippen molar-refractivity contribution in [2.45, 2.75) is 18.9 Å². The van der Waals surface area contributed by atoms with Gasteiger partial charge in [-0.2, -0.15) is 0 Å². The van der Waals surface area contributed by atoms with Crippen LogP contribution in [0.2, 0.25) is 0 Å². The highest BCUT2D eigenvalue weighted by Gasteiger charge is 2.16. The first-order chi connectivity index (χ1) is 16.0. The summed E-state index contributed by atoms with van der Waals surface area (Å²) in [6, 6.07) is 13.6. The predicted molar refractivity (Wildman–Crippen MR) is 126 cm³/mol. The second-order valence-electron chi connectivity index (χ2n) is 7.65. The molecule has 0 aliphatic carbocycles. The number of carbonyl (C=O) groups is 3. The van der Waals surface area contributed by atoms with E-state index in [0.717, 1.165) is 19.4 Å². The summed E-state index contributed by atoms with van der Waals surface area (Å²) in [5.74, 6) is -0.628. The predicted octanol–water partition coefficient (Wildman–Crippen LogP) is 2.02. The molecule has 1 aliphatic heterocycles. The molecule has 3 amide bonds. The Hall–Kier alpha value is -3.43. The summed E-state index contributed by atoms with van der Waals surface area (Å²) in [6.45, 7) is 2.13. The number of rotatable bonds is 11. The molecule has 2 aromatic rings. The quantitative estimate of drug-likeness (QED) is 0.386. The molecule has 1 aliphatic rings. The number of benzene rings is 2. The van der Waals surface area contributed by atoms with Crippen LogP contribution in [0.4, 0.5) is 11.4 Å². The standard InChI is InChI=1S/C24H30N4O5/c1-32-13-11-25-24(31)18-4-2-5-20(14-18)26-16-22(29)28-19-9-7-17(8-10-19)23(30)27-15-21-6-3-12-33-21/h2,4-5,7-10,14,21,26H,3,6,11-13,15-16H2,1H3,(H,25,31)(H,27,30)(H,28,29). The average Bonchev–Trinajstić information content (AvgIpc) is 3.36. The monoisotopic (exact) mass is 454 g/mol. The van der Waals surface area contributed by atoms with Crippen LogP contribution in [0, 0.1) is 0 Å². The van der Waals surface area contributed by atoms with Gasteiger partial charge in [0.05, 0.1) is 19.3 Å². The molecule has 1 heterocycles. The van der Waals surface area contributed by atoms with Crippen molar-refractivity contribution < 1.29 is 23.9 Å². The Balaban J connectivity index is 1.43. The lowest BCUT2D eigenvalue weighted by Crippen LogP contribution is -2.31. The topological polar surface area (TPSA) is 118 Å². The Morgan fingerprint density at radius 1 is 1.00 bits per heavy atom. The summed E-state index contributed by atoms with van der Waals surface area (Å²) in [5, 5.41) is 11.4. The van der Waals surface area contributed by atoms with Gasteiger partial charge in [0.1, 0.15) is 0 Å². The average molecular weight is 455 g/mol. The molecule has 0 radical (unpaired) electrons. The van der Waals surface area contributed by atoms with Gasteiger partial charge >= 0.3 is 0 Å². The molecule has 0 spiro atoms. The summed E-state index contributed by atoms with van der Waals surface area (Å²) < 4.78 is 10.4. The van der Waals surface area contributed by atoms with E-state index in [1.54, 1.807) is 55.6 Å². The molecule has 1 saturated heterocycles. The summed E-state index contributed by atoms with van der Waals surface area (Å²) in [5.41, 5.74) is 2.25. The van der Waals surface area contributed by atoms with Gasteiger partial charge < -0.3 is 30.7 Å². The molecule has 1 unspecified atom stereocenters. The maximum Gasteiger partial charge on any atom is 0.251 e. The fraction of sp³-hybridized carbons (Fsp3) is 0.375. The maximum absolute atomic E-state index is 12.3. The van der Waals surface area contributed by atoms with Crippen LogP contribution in [0.25, 0.3) is 0 Å². The van der Waals surface area contributed by atoms with Crippen molar-refractivity contribution in [2.75, 3.05) is 50.6 Å². The maximum atomic E-state index is 12.3. The highest BCUT2D eigenvalue weighted by molar-refractivity contribution is 5.97. The van der Waals surface area contributed by atoms with Gasteiger partial charge in [-0.3, -0.25) is 14.4 Å². The number of hydrogen-bond acceptors (Lipinski definition) is 6. The zero-order valence-electron chi connectivity index (χ0n) is 18.7. The third-order valence-corrected chi connectivity index (χ3v) is 5.11. The van der Waals surface area contributed by atoms with Crippen LogP contribution in [-0.4, -0.2) is 63.8 Å². The van der Waals surface area contributed by atoms with Crippen LogP contribution >= 0.6 is 0 Å². The van der Waals surface area contributed by atoms with Crippen molar-refractivity contribution in [3.05, 3.63) is 59.7 Å². The van der Waals surface area contributed by atoms with Gasteiger partial charge in [-0.25, -0.2) is 0 Å². The molecule has 0 aromatic heterocycles. The van der Waals surface area contributed by atoms with E-state index in [1.165, 1.54) is 0 Å². The number of hydrogen-bond donors (Lipinski definition) is 4. The van der Waals surface area contributed by atoms with Crippen molar-refractivity contribution in [2.24, 2.45) is 0 Å². The van der Waals surface area contributed by atoms with Gasteiger partial charge in [0.15, 0.2) is 0 Å². The molecular formula is C24H30N4O5. The van der Waals surface area contributed by atoms with Crippen LogP contribution in [0.5, 0.6) is 0 Å². The Morgan fingerprint density at radius 2 is 1.79 bits per heavy atom. The smallest absolute Gasteiger partial charge is 0.251 e. The molecule has 0 bridgehead atoms. The molecule has 33 heavy (non-hydrogen) atoms. The van der Waals surface area contributed by atoms with Crippen molar-refractivity contribution >= 4 is 29.1 Å². The van der Waals surface area contributed by atoms with Crippen molar-refractivity contribution in [3.8, 4) is 0 Å². The number of nitrogens with one attached hydrogen (secondary N) is 4. The first-order valence-electron chi connectivity index (χ1n) is 11.0. The fourth-order valence-corrected chi connectivity index (χ4v) is 3.35. The molecular weight excluding hydrogens is 424 g/mol. The fourth-order valence-electron chi connectivity index (χ4n) is 3.35. The van der Waals surface area contributed by atoms with E-state index in [9.17, 15) is 14.4 Å². The molecule has 9 nitrogen and oxygen atoms in total. The van der Waals surface area contributed by atoms with Crippen molar-refractivity contribution in [3.63, 3.8) is 0 Å². The van der Waals surface area contributed by atoms with E-state index in [4.69, 9.17) is 9.47 Å². The molecule has 9 heteroatoms.